The van der Waals surface area contributed by atoms with Crippen LogP contribution in [0.25, 0.3) is 0 Å². The SMILES string of the molecule is CCCCCC(C)(C)OCCn1c(=O)n(CCO)c(=O)n(CCOC(=O)C2CCCCC2C(=O)C(C)(CC)CCCC)c1=O. The predicted octanol–water partition coefficient (Wildman–Crippen LogP) is 4.06. The van der Waals surface area contributed by atoms with Crippen LogP contribution in [0.2, 0.25) is 0 Å². The summed E-state index contributed by atoms with van der Waals surface area (Å²) in [6.07, 6.45) is 10.4. The molecule has 0 bridgehead atoms. The minimum Gasteiger partial charge on any atom is -0.464 e. The molecule has 1 aromatic heterocycles. The lowest BCUT2D eigenvalue weighted by molar-refractivity contribution is -0.156. The molecule has 0 aliphatic heterocycles. The first-order chi connectivity index (χ1) is 20.9. The first-order valence-corrected chi connectivity index (χ1v) is 16.8. The lowest BCUT2D eigenvalue weighted by Crippen LogP contribution is -2.55. The smallest absolute Gasteiger partial charge is 0.336 e. The second kappa shape index (κ2) is 17.8. The highest BCUT2D eigenvalue weighted by Gasteiger charge is 2.43. The molecule has 3 unspecified atom stereocenters. The van der Waals surface area contributed by atoms with Gasteiger partial charge in [0.1, 0.15) is 12.4 Å². The number of hydrogen-bond acceptors (Lipinski definition) is 8. The Labute approximate surface area is 261 Å². The minimum absolute atomic E-state index is 0.0690. The second-order valence-electron chi connectivity index (χ2n) is 13.1. The third kappa shape index (κ3) is 9.99. The van der Waals surface area contributed by atoms with Gasteiger partial charge in [0.15, 0.2) is 0 Å². The van der Waals surface area contributed by atoms with Gasteiger partial charge in [-0.2, -0.15) is 0 Å². The molecule has 1 fully saturated rings. The highest BCUT2D eigenvalue weighted by Crippen LogP contribution is 2.40. The summed E-state index contributed by atoms with van der Waals surface area (Å²) in [4.78, 5) is 66.3. The molecule has 1 aromatic rings. The second-order valence-corrected chi connectivity index (χ2v) is 13.1. The number of unbranched alkanes of at least 4 members (excludes halogenated alkanes) is 3. The number of rotatable bonds is 20. The van der Waals surface area contributed by atoms with Crippen LogP contribution < -0.4 is 17.1 Å². The maximum Gasteiger partial charge on any atom is 0.336 e. The molecular weight excluding hydrogens is 566 g/mol. The highest BCUT2D eigenvalue weighted by atomic mass is 16.5. The molecule has 252 valence electrons. The van der Waals surface area contributed by atoms with Crippen molar-refractivity contribution in [2.75, 3.05) is 19.8 Å². The molecule has 1 N–H and O–H groups in total. The van der Waals surface area contributed by atoms with Gasteiger partial charge in [0.2, 0.25) is 0 Å². The molecule has 11 nitrogen and oxygen atoms in total. The van der Waals surface area contributed by atoms with Crippen LogP contribution in [0.5, 0.6) is 0 Å². The monoisotopic (exact) mass is 623 g/mol. The Kier molecular flexibility index (Phi) is 15.3. The lowest BCUT2D eigenvalue weighted by Gasteiger charge is -2.36. The van der Waals surface area contributed by atoms with E-state index in [1.54, 1.807) is 0 Å². The van der Waals surface area contributed by atoms with Gasteiger partial charge in [-0.15, -0.1) is 0 Å². The van der Waals surface area contributed by atoms with Gasteiger partial charge in [-0.25, -0.2) is 28.1 Å². The average Bonchev–Trinajstić information content (AvgIpc) is 3.01. The van der Waals surface area contributed by atoms with Gasteiger partial charge in [-0.1, -0.05) is 72.6 Å². The number of aliphatic hydroxyl groups is 1. The fourth-order valence-corrected chi connectivity index (χ4v) is 6.20. The van der Waals surface area contributed by atoms with Gasteiger partial charge in [0.05, 0.1) is 44.4 Å². The number of hydrogen-bond donors (Lipinski definition) is 1. The van der Waals surface area contributed by atoms with Crippen LogP contribution in [-0.2, 0) is 38.7 Å². The van der Waals surface area contributed by atoms with Gasteiger partial charge in [-0.05, 0) is 46.0 Å². The van der Waals surface area contributed by atoms with Crippen molar-refractivity contribution < 1.29 is 24.2 Å². The Hall–Kier alpha value is -2.53. The van der Waals surface area contributed by atoms with E-state index in [0.717, 1.165) is 71.5 Å². The van der Waals surface area contributed by atoms with Gasteiger partial charge in [0, 0.05) is 11.3 Å². The molecule has 2 rings (SSSR count). The van der Waals surface area contributed by atoms with Crippen LogP contribution in [0.4, 0.5) is 0 Å². The number of nitrogens with zero attached hydrogens (tertiary/aromatic N) is 3. The molecule has 1 aliphatic carbocycles. The van der Waals surface area contributed by atoms with Crippen molar-refractivity contribution in [2.24, 2.45) is 17.3 Å². The van der Waals surface area contributed by atoms with Crippen molar-refractivity contribution in [3.63, 3.8) is 0 Å². The van der Waals surface area contributed by atoms with Crippen LogP contribution in [0.15, 0.2) is 14.4 Å². The zero-order valence-electron chi connectivity index (χ0n) is 28.0. The van der Waals surface area contributed by atoms with E-state index in [2.05, 4.69) is 13.8 Å². The Morgan fingerprint density at radius 2 is 1.32 bits per heavy atom. The fourth-order valence-electron chi connectivity index (χ4n) is 6.20. The molecule has 0 radical (unpaired) electrons. The fraction of sp³-hybridized carbons (Fsp3) is 0.848. The summed E-state index contributed by atoms with van der Waals surface area (Å²) in [6.45, 7) is 10.9. The molecule has 1 heterocycles. The standard InChI is InChI=1S/C33H57N3O8/c1-7-10-14-17-32(4,5)44-24-21-36-30(41)34(19-22-37)29(40)35(31(36)42)20-23-43-28(39)26-16-13-12-15-25(26)27(38)33(6,9-3)18-11-8-2/h25-26,37H,7-24H2,1-6H3. The van der Waals surface area contributed by atoms with Crippen LogP contribution in [0.3, 0.4) is 0 Å². The van der Waals surface area contributed by atoms with Crippen molar-refractivity contribution in [2.45, 2.75) is 144 Å². The van der Waals surface area contributed by atoms with Gasteiger partial charge >= 0.3 is 23.0 Å². The summed E-state index contributed by atoms with van der Waals surface area (Å²) >= 11 is 0. The Bertz CT molecular complexity index is 1250. The predicted molar refractivity (Wildman–Crippen MR) is 170 cm³/mol. The lowest BCUT2D eigenvalue weighted by atomic mass is 9.67. The number of ether oxygens (including phenoxy) is 2. The van der Waals surface area contributed by atoms with Gasteiger partial charge in [0.25, 0.3) is 0 Å². The minimum atomic E-state index is -0.873. The third-order valence-electron chi connectivity index (χ3n) is 9.32. The zero-order chi connectivity index (χ0) is 32.9. The number of Topliss-reactive ketones (excluding diaryl/α,β-unsaturated/α-hetero) is 1. The molecule has 44 heavy (non-hydrogen) atoms. The molecule has 1 saturated carbocycles. The highest BCUT2D eigenvalue weighted by molar-refractivity contribution is 5.91. The van der Waals surface area contributed by atoms with Crippen LogP contribution >= 0.6 is 0 Å². The molecule has 3 atom stereocenters. The summed E-state index contributed by atoms with van der Waals surface area (Å²) < 4.78 is 14.2. The van der Waals surface area contributed by atoms with Gasteiger partial charge in [-0.3, -0.25) is 9.59 Å². The Morgan fingerprint density at radius 1 is 0.773 bits per heavy atom. The van der Waals surface area contributed by atoms with Crippen molar-refractivity contribution in [1.29, 1.82) is 0 Å². The summed E-state index contributed by atoms with van der Waals surface area (Å²) in [7, 11) is 0. The number of aliphatic hydroxyl groups excluding tert-OH is 1. The first-order valence-electron chi connectivity index (χ1n) is 16.8. The molecule has 1 aliphatic rings. The maximum atomic E-state index is 13.7. The average molecular weight is 624 g/mol. The number of carbonyl (C=O) groups excluding carboxylic acids is 2. The van der Waals surface area contributed by atoms with E-state index >= 15 is 0 Å². The van der Waals surface area contributed by atoms with Crippen molar-refractivity contribution >= 4 is 11.8 Å². The largest absolute Gasteiger partial charge is 0.464 e. The number of aromatic nitrogens is 3. The van der Waals surface area contributed by atoms with E-state index in [1.165, 1.54) is 0 Å². The Balaban J connectivity index is 2.19. The first kappa shape index (κ1) is 37.7. The van der Waals surface area contributed by atoms with Crippen LogP contribution in [0, 0.1) is 17.3 Å². The summed E-state index contributed by atoms with van der Waals surface area (Å²) in [5.41, 5.74) is -3.43. The molecule has 0 saturated heterocycles. The zero-order valence-corrected chi connectivity index (χ0v) is 28.0. The number of esters is 1. The van der Waals surface area contributed by atoms with E-state index in [0.29, 0.717) is 19.3 Å². The van der Waals surface area contributed by atoms with Gasteiger partial charge < -0.3 is 14.6 Å². The van der Waals surface area contributed by atoms with Crippen molar-refractivity contribution in [3.05, 3.63) is 31.5 Å². The van der Waals surface area contributed by atoms with E-state index in [9.17, 15) is 29.1 Å². The number of ketones is 1. The van der Waals surface area contributed by atoms with Crippen LogP contribution in [0.1, 0.15) is 119 Å². The quantitative estimate of drug-likeness (QED) is 0.170. The van der Waals surface area contributed by atoms with Crippen LogP contribution in [-0.4, -0.2) is 56.0 Å². The van der Waals surface area contributed by atoms with Crippen molar-refractivity contribution in [3.8, 4) is 0 Å². The topological polar surface area (TPSA) is 139 Å². The summed E-state index contributed by atoms with van der Waals surface area (Å²) in [6, 6.07) is 0. The molecule has 0 aromatic carbocycles. The van der Waals surface area contributed by atoms with Crippen molar-refractivity contribution in [1.82, 2.24) is 13.7 Å². The normalized spacial score (nSPS) is 18.6. The molecular formula is C33H57N3O8. The molecule has 0 amide bonds. The van der Waals surface area contributed by atoms with E-state index < -0.39 is 52.5 Å². The molecule has 0 spiro atoms. The maximum absolute atomic E-state index is 13.7. The van der Waals surface area contributed by atoms with E-state index in [1.807, 2.05) is 27.7 Å². The van der Waals surface area contributed by atoms with E-state index in [-0.39, 0.29) is 38.6 Å². The number of carbonyl (C=O) groups is 2. The summed E-state index contributed by atoms with van der Waals surface area (Å²) in [5, 5.41) is 9.47. The third-order valence-corrected chi connectivity index (χ3v) is 9.32. The Morgan fingerprint density at radius 3 is 1.86 bits per heavy atom. The van der Waals surface area contributed by atoms with E-state index in [4.69, 9.17) is 9.47 Å². The molecule has 11 heteroatoms. The summed E-state index contributed by atoms with van der Waals surface area (Å²) in [5.74, 6) is -1.33.